The molecular weight excluding hydrogens is 438 g/mol. The van der Waals surface area contributed by atoms with Crippen molar-refractivity contribution in [1.82, 2.24) is 15.6 Å². The van der Waals surface area contributed by atoms with Crippen molar-refractivity contribution in [3.63, 3.8) is 0 Å². The molecule has 3 aromatic rings. The van der Waals surface area contributed by atoms with Gasteiger partial charge in [0, 0.05) is 42.1 Å². The molecule has 180 valence electrons. The molecule has 2 saturated heterocycles. The van der Waals surface area contributed by atoms with Gasteiger partial charge in [0.05, 0.1) is 5.56 Å². The van der Waals surface area contributed by atoms with Crippen LogP contribution in [-0.2, 0) is 6.54 Å². The lowest BCUT2D eigenvalue weighted by atomic mass is 9.96. The number of aromatic nitrogens is 1. The van der Waals surface area contributed by atoms with Crippen molar-refractivity contribution < 1.29 is 9.59 Å². The number of carbonyl (C=O) groups excluding carboxylic acids is 2. The second-order valence-corrected chi connectivity index (χ2v) is 9.53. The lowest BCUT2D eigenvalue weighted by Crippen LogP contribution is -2.50. The van der Waals surface area contributed by atoms with Crippen LogP contribution in [-0.4, -0.2) is 34.9 Å². The summed E-state index contributed by atoms with van der Waals surface area (Å²) in [6, 6.07) is 19.9. The third-order valence-electron chi connectivity index (χ3n) is 7.26. The van der Waals surface area contributed by atoms with Crippen molar-refractivity contribution in [2.24, 2.45) is 0 Å². The van der Waals surface area contributed by atoms with E-state index in [0.29, 0.717) is 35.4 Å². The highest BCUT2D eigenvalue weighted by Crippen LogP contribution is 2.38. The van der Waals surface area contributed by atoms with Crippen molar-refractivity contribution in [1.29, 1.82) is 0 Å². The van der Waals surface area contributed by atoms with Crippen molar-refractivity contribution in [2.45, 2.75) is 57.3 Å². The van der Waals surface area contributed by atoms with E-state index in [1.165, 1.54) is 0 Å². The predicted molar refractivity (Wildman–Crippen MR) is 137 cm³/mol. The molecule has 7 heteroatoms. The second-order valence-electron chi connectivity index (χ2n) is 9.53. The van der Waals surface area contributed by atoms with Gasteiger partial charge in [-0.3, -0.25) is 9.59 Å². The number of pyridine rings is 1. The fraction of sp³-hybridized carbons (Fsp3) is 0.321. The molecule has 2 aliphatic heterocycles. The first-order chi connectivity index (χ1) is 17.0. The summed E-state index contributed by atoms with van der Waals surface area (Å²) >= 11 is 0. The summed E-state index contributed by atoms with van der Waals surface area (Å²) in [5, 5.41) is 6.18. The monoisotopic (exact) mass is 469 g/mol. The van der Waals surface area contributed by atoms with E-state index in [0.717, 1.165) is 42.6 Å². The zero-order valence-corrected chi connectivity index (χ0v) is 19.9. The van der Waals surface area contributed by atoms with Crippen LogP contribution in [0.5, 0.6) is 0 Å². The zero-order chi connectivity index (χ0) is 24.4. The molecule has 35 heavy (non-hydrogen) atoms. The standard InChI is InChI=1S/C28H31N5O2/c1-18-24(8-5-9-25(18)29)28(35)32-21-14-22-11-12-23(15-21)33(22)26-13-10-20(17-30-26)27(34)31-16-19-6-3-2-4-7-19/h2-10,13,17,21-23H,11-12,14-16,29H2,1H3,(H,31,34)(H,32,35)/t21-,22+,23-. The Kier molecular flexibility index (Phi) is 6.40. The van der Waals surface area contributed by atoms with E-state index in [9.17, 15) is 9.59 Å². The molecule has 2 bridgehead atoms. The lowest BCUT2D eigenvalue weighted by Gasteiger charge is -2.40. The van der Waals surface area contributed by atoms with Gasteiger partial charge in [-0.05, 0) is 68.0 Å². The van der Waals surface area contributed by atoms with Crippen LogP contribution in [0.15, 0.2) is 66.9 Å². The molecule has 7 nitrogen and oxygen atoms in total. The van der Waals surface area contributed by atoms with Gasteiger partial charge in [0.2, 0.25) is 0 Å². The second kappa shape index (κ2) is 9.78. The average molecular weight is 470 g/mol. The molecule has 1 aromatic heterocycles. The highest BCUT2D eigenvalue weighted by molar-refractivity contribution is 5.97. The fourth-order valence-corrected chi connectivity index (χ4v) is 5.38. The van der Waals surface area contributed by atoms with E-state index in [1.54, 1.807) is 6.20 Å². The topological polar surface area (TPSA) is 100 Å². The summed E-state index contributed by atoms with van der Waals surface area (Å²) in [5.74, 6) is 0.708. The first-order valence-electron chi connectivity index (χ1n) is 12.2. The van der Waals surface area contributed by atoms with Crippen LogP contribution >= 0.6 is 0 Å². The number of benzene rings is 2. The average Bonchev–Trinajstić information content (AvgIpc) is 3.14. The molecule has 0 saturated carbocycles. The van der Waals surface area contributed by atoms with Crippen molar-refractivity contribution >= 4 is 23.3 Å². The summed E-state index contributed by atoms with van der Waals surface area (Å²) in [5.41, 5.74) is 9.69. The molecule has 3 atom stereocenters. The summed E-state index contributed by atoms with van der Waals surface area (Å²) in [7, 11) is 0. The Morgan fingerprint density at radius 2 is 1.71 bits per heavy atom. The Bertz CT molecular complexity index is 1200. The molecule has 2 amide bonds. The minimum atomic E-state index is -0.130. The molecule has 4 N–H and O–H groups in total. The normalized spacial score (nSPS) is 20.9. The maximum Gasteiger partial charge on any atom is 0.253 e. The molecule has 2 aromatic carbocycles. The first-order valence-corrected chi connectivity index (χ1v) is 12.2. The molecular formula is C28H31N5O2. The van der Waals surface area contributed by atoms with Gasteiger partial charge in [0.15, 0.2) is 0 Å². The molecule has 2 aliphatic rings. The van der Waals surface area contributed by atoms with Gasteiger partial charge in [-0.15, -0.1) is 0 Å². The highest BCUT2D eigenvalue weighted by Gasteiger charge is 2.41. The lowest BCUT2D eigenvalue weighted by molar-refractivity contribution is 0.0924. The minimum absolute atomic E-state index is 0.0587. The fourth-order valence-electron chi connectivity index (χ4n) is 5.38. The Labute approximate surface area is 205 Å². The molecule has 0 spiro atoms. The number of nitrogens with two attached hydrogens (primary N) is 1. The van der Waals surface area contributed by atoms with Gasteiger partial charge >= 0.3 is 0 Å². The number of nitrogens with zero attached hydrogens (tertiary/aromatic N) is 2. The van der Waals surface area contributed by atoms with Crippen LogP contribution in [0.1, 0.15) is 57.5 Å². The zero-order valence-electron chi connectivity index (χ0n) is 19.9. The predicted octanol–water partition coefficient (Wildman–Crippen LogP) is 3.83. The Balaban J connectivity index is 1.20. The SMILES string of the molecule is Cc1c(N)cccc1C(=O)N[C@H]1C[C@H]2CC[C@@H](C1)N2c1ccc(C(=O)NCc2ccccc2)cn1. The van der Waals surface area contributed by atoms with Gasteiger partial charge in [-0.25, -0.2) is 4.98 Å². The number of piperidine rings is 1. The number of hydrogen-bond donors (Lipinski definition) is 3. The smallest absolute Gasteiger partial charge is 0.253 e. The third-order valence-corrected chi connectivity index (χ3v) is 7.26. The van der Waals surface area contributed by atoms with Crippen LogP contribution in [0, 0.1) is 6.92 Å². The van der Waals surface area contributed by atoms with Crippen LogP contribution in [0.25, 0.3) is 0 Å². The number of nitrogen functional groups attached to an aromatic ring is 1. The van der Waals surface area contributed by atoms with Gasteiger partial charge in [-0.2, -0.15) is 0 Å². The van der Waals surface area contributed by atoms with E-state index in [1.807, 2.05) is 67.6 Å². The Hall–Kier alpha value is -3.87. The molecule has 0 radical (unpaired) electrons. The van der Waals surface area contributed by atoms with Crippen LogP contribution in [0.2, 0.25) is 0 Å². The van der Waals surface area contributed by atoms with Crippen molar-refractivity contribution in [3.05, 3.63) is 89.1 Å². The summed E-state index contributed by atoms with van der Waals surface area (Å²) in [6.45, 7) is 2.37. The van der Waals surface area contributed by atoms with Crippen LogP contribution < -0.4 is 21.3 Å². The van der Waals surface area contributed by atoms with Crippen molar-refractivity contribution in [2.75, 3.05) is 10.6 Å². The number of rotatable bonds is 6. The maximum absolute atomic E-state index is 12.9. The van der Waals surface area contributed by atoms with Gasteiger partial charge < -0.3 is 21.3 Å². The number of amides is 2. The largest absolute Gasteiger partial charge is 0.398 e. The molecule has 0 aliphatic carbocycles. The van der Waals surface area contributed by atoms with Gasteiger partial charge in [0.1, 0.15) is 5.82 Å². The molecule has 0 unspecified atom stereocenters. The van der Waals surface area contributed by atoms with E-state index < -0.39 is 0 Å². The quantitative estimate of drug-likeness (QED) is 0.477. The molecule has 2 fully saturated rings. The maximum atomic E-state index is 12.9. The molecule has 5 rings (SSSR count). The Morgan fingerprint density at radius 1 is 0.971 bits per heavy atom. The summed E-state index contributed by atoms with van der Waals surface area (Å²) < 4.78 is 0. The number of fused-ring (bicyclic) bond motifs is 2. The van der Waals surface area contributed by atoms with Gasteiger partial charge in [-0.1, -0.05) is 36.4 Å². The number of anilines is 2. The van der Waals surface area contributed by atoms with Crippen molar-refractivity contribution in [3.8, 4) is 0 Å². The van der Waals surface area contributed by atoms with E-state index in [-0.39, 0.29) is 17.9 Å². The van der Waals surface area contributed by atoms with E-state index in [2.05, 4.69) is 20.5 Å². The minimum Gasteiger partial charge on any atom is -0.398 e. The van der Waals surface area contributed by atoms with Crippen LogP contribution in [0.3, 0.4) is 0 Å². The van der Waals surface area contributed by atoms with E-state index >= 15 is 0 Å². The Morgan fingerprint density at radius 3 is 2.40 bits per heavy atom. The summed E-state index contributed by atoms with van der Waals surface area (Å²) in [4.78, 5) is 32.4. The number of nitrogens with one attached hydrogen (secondary N) is 2. The van der Waals surface area contributed by atoms with Crippen LogP contribution in [0.4, 0.5) is 11.5 Å². The summed E-state index contributed by atoms with van der Waals surface area (Å²) in [6.07, 6.45) is 5.57. The first kappa shape index (κ1) is 22.9. The number of hydrogen-bond acceptors (Lipinski definition) is 5. The number of carbonyl (C=O) groups is 2. The highest BCUT2D eigenvalue weighted by atomic mass is 16.2. The third kappa shape index (κ3) is 4.85. The van der Waals surface area contributed by atoms with E-state index in [4.69, 9.17) is 5.73 Å². The van der Waals surface area contributed by atoms with Gasteiger partial charge in [0.25, 0.3) is 11.8 Å². The molecule has 3 heterocycles.